The van der Waals surface area contributed by atoms with Crippen molar-refractivity contribution >= 4 is 0 Å². The van der Waals surface area contributed by atoms with Crippen LogP contribution in [0.15, 0.2) is 24.3 Å². The van der Waals surface area contributed by atoms with Crippen molar-refractivity contribution in [2.75, 3.05) is 26.2 Å². The summed E-state index contributed by atoms with van der Waals surface area (Å²) in [5.41, 5.74) is 0. The molecule has 0 radical (unpaired) electrons. The number of rotatable bonds is 6. The zero-order valence-corrected chi connectivity index (χ0v) is 12.4. The summed E-state index contributed by atoms with van der Waals surface area (Å²) < 4.78 is 24.1. The van der Waals surface area contributed by atoms with E-state index in [2.05, 4.69) is 13.8 Å². The maximum Gasteiger partial charge on any atom is 0.123 e. The van der Waals surface area contributed by atoms with Crippen molar-refractivity contribution in [3.8, 4) is 5.75 Å². The highest BCUT2D eigenvalue weighted by Gasteiger charge is 2.24. The van der Waals surface area contributed by atoms with Crippen LogP contribution in [0.4, 0.5) is 4.39 Å². The number of quaternary nitrogens is 1. The minimum absolute atomic E-state index is 0.225. The first-order valence-electron chi connectivity index (χ1n) is 7.51. The summed E-state index contributed by atoms with van der Waals surface area (Å²) in [7, 11) is 0. The lowest BCUT2D eigenvalue weighted by Crippen LogP contribution is -3.15. The van der Waals surface area contributed by atoms with Gasteiger partial charge in [0.2, 0.25) is 0 Å². The largest absolute Gasteiger partial charge is 0.494 e. The van der Waals surface area contributed by atoms with E-state index in [1.807, 2.05) is 0 Å². The number of halogens is 1. The molecule has 1 fully saturated rings. The molecule has 1 aromatic carbocycles. The Labute approximate surface area is 120 Å². The molecule has 20 heavy (non-hydrogen) atoms. The third-order valence-corrected chi connectivity index (χ3v) is 3.62. The number of unbranched alkanes of at least 4 members (excludes halogenated alkanes) is 1. The van der Waals surface area contributed by atoms with E-state index in [1.54, 1.807) is 17.0 Å². The second-order valence-electron chi connectivity index (χ2n) is 5.68. The van der Waals surface area contributed by atoms with Crippen LogP contribution in [0.3, 0.4) is 0 Å². The molecular formula is C16H25FNO2+. The van der Waals surface area contributed by atoms with Crippen molar-refractivity contribution in [1.82, 2.24) is 0 Å². The van der Waals surface area contributed by atoms with Crippen molar-refractivity contribution in [3.63, 3.8) is 0 Å². The van der Waals surface area contributed by atoms with E-state index in [-0.39, 0.29) is 5.82 Å². The summed E-state index contributed by atoms with van der Waals surface area (Å²) in [4.78, 5) is 1.62. The van der Waals surface area contributed by atoms with Gasteiger partial charge < -0.3 is 14.4 Å². The SMILES string of the molecule is C[C@@H]1C[NH+](CCCCOc2ccc(F)cc2)C[C@@H](C)O1. The molecule has 1 aliphatic rings. The zero-order valence-electron chi connectivity index (χ0n) is 12.4. The molecule has 1 saturated heterocycles. The van der Waals surface area contributed by atoms with Crippen LogP contribution < -0.4 is 9.64 Å². The number of morpholine rings is 1. The van der Waals surface area contributed by atoms with Gasteiger partial charge in [-0.3, -0.25) is 0 Å². The third kappa shape index (κ3) is 5.10. The predicted molar refractivity (Wildman–Crippen MR) is 76.7 cm³/mol. The molecule has 2 rings (SSSR count). The van der Waals surface area contributed by atoms with Gasteiger partial charge >= 0.3 is 0 Å². The first kappa shape index (κ1) is 15.3. The summed E-state index contributed by atoms with van der Waals surface area (Å²) in [5, 5.41) is 0. The molecule has 0 unspecified atom stereocenters. The van der Waals surface area contributed by atoms with E-state index < -0.39 is 0 Å². The van der Waals surface area contributed by atoms with Crippen LogP contribution >= 0.6 is 0 Å². The standard InChI is InChI=1S/C16H24FNO2/c1-13-11-18(12-14(2)20-13)9-3-4-10-19-16-7-5-15(17)6-8-16/h5-8,13-14H,3-4,9-12H2,1-2H3/p+1/t13-,14-/m1/s1. The van der Waals surface area contributed by atoms with Crippen LogP contribution in [0.5, 0.6) is 5.75 Å². The highest BCUT2D eigenvalue weighted by Crippen LogP contribution is 2.11. The van der Waals surface area contributed by atoms with Crippen LogP contribution in [0.2, 0.25) is 0 Å². The molecule has 4 heteroatoms. The molecule has 0 amide bonds. The van der Waals surface area contributed by atoms with E-state index in [9.17, 15) is 4.39 Å². The Bertz CT molecular complexity index is 386. The van der Waals surface area contributed by atoms with Gasteiger partial charge in [0, 0.05) is 0 Å². The van der Waals surface area contributed by atoms with Gasteiger partial charge in [-0.15, -0.1) is 0 Å². The van der Waals surface area contributed by atoms with Gasteiger partial charge in [-0.1, -0.05) is 0 Å². The van der Waals surface area contributed by atoms with E-state index in [0.717, 1.165) is 31.7 Å². The van der Waals surface area contributed by atoms with Crippen LogP contribution in [0, 0.1) is 5.82 Å². The molecule has 112 valence electrons. The second-order valence-corrected chi connectivity index (χ2v) is 5.68. The van der Waals surface area contributed by atoms with Crippen molar-refractivity contribution in [2.45, 2.75) is 38.9 Å². The van der Waals surface area contributed by atoms with E-state index in [1.165, 1.54) is 18.7 Å². The van der Waals surface area contributed by atoms with Crippen LogP contribution in [-0.4, -0.2) is 38.4 Å². The average Bonchev–Trinajstić information content (AvgIpc) is 2.39. The number of nitrogens with one attached hydrogen (secondary N) is 1. The van der Waals surface area contributed by atoms with Crippen LogP contribution in [-0.2, 0) is 4.74 Å². The minimum atomic E-state index is -0.225. The average molecular weight is 282 g/mol. The van der Waals surface area contributed by atoms with Crippen molar-refractivity contribution in [2.24, 2.45) is 0 Å². The van der Waals surface area contributed by atoms with Gasteiger partial charge in [-0.05, 0) is 51.0 Å². The maximum absolute atomic E-state index is 12.7. The topological polar surface area (TPSA) is 22.9 Å². The lowest BCUT2D eigenvalue weighted by molar-refractivity contribution is -0.915. The molecule has 1 N–H and O–H groups in total. The highest BCUT2D eigenvalue weighted by atomic mass is 19.1. The zero-order chi connectivity index (χ0) is 14.4. The van der Waals surface area contributed by atoms with Gasteiger partial charge in [0.05, 0.1) is 13.2 Å². The summed E-state index contributed by atoms with van der Waals surface area (Å²) in [6, 6.07) is 6.20. The number of hydrogen-bond acceptors (Lipinski definition) is 2. The molecule has 1 aliphatic heterocycles. The Balaban J connectivity index is 1.58. The van der Waals surface area contributed by atoms with Crippen molar-refractivity contribution < 1.29 is 18.8 Å². The normalized spacial score (nSPS) is 26.4. The quantitative estimate of drug-likeness (QED) is 0.802. The smallest absolute Gasteiger partial charge is 0.123 e. The Hall–Kier alpha value is -1.13. The molecule has 1 aromatic rings. The van der Waals surface area contributed by atoms with Gasteiger partial charge in [0.25, 0.3) is 0 Å². The number of ether oxygens (including phenoxy) is 2. The second kappa shape index (κ2) is 7.60. The molecule has 3 nitrogen and oxygen atoms in total. The van der Waals surface area contributed by atoms with E-state index in [4.69, 9.17) is 9.47 Å². The lowest BCUT2D eigenvalue weighted by atomic mass is 10.2. The molecule has 0 aliphatic carbocycles. The fourth-order valence-corrected chi connectivity index (χ4v) is 2.79. The molecule has 1 heterocycles. The first-order chi connectivity index (χ1) is 9.63. The van der Waals surface area contributed by atoms with E-state index in [0.29, 0.717) is 18.8 Å². The fraction of sp³-hybridized carbons (Fsp3) is 0.625. The van der Waals surface area contributed by atoms with Crippen LogP contribution in [0.25, 0.3) is 0 Å². The summed E-state index contributed by atoms with van der Waals surface area (Å²) >= 11 is 0. The molecular weight excluding hydrogens is 257 g/mol. The summed E-state index contributed by atoms with van der Waals surface area (Å²) in [6.07, 6.45) is 2.91. The van der Waals surface area contributed by atoms with Gasteiger partial charge in [0.15, 0.2) is 0 Å². The minimum Gasteiger partial charge on any atom is -0.494 e. The number of hydrogen-bond donors (Lipinski definition) is 1. The third-order valence-electron chi connectivity index (χ3n) is 3.62. The Morgan fingerprint density at radius 2 is 1.80 bits per heavy atom. The van der Waals surface area contributed by atoms with Gasteiger partial charge in [-0.2, -0.15) is 0 Å². The first-order valence-corrected chi connectivity index (χ1v) is 7.51. The summed E-state index contributed by atoms with van der Waals surface area (Å²) in [5.74, 6) is 0.517. The van der Waals surface area contributed by atoms with Gasteiger partial charge in [-0.25, -0.2) is 4.39 Å². The highest BCUT2D eigenvalue weighted by molar-refractivity contribution is 5.21. The Morgan fingerprint density at radius 3 is 2.45 bits per heavy atom. The predicted octanol–water partition coefficient (Wildman–Crippen LogP) is 1.68. The monoisotopic (exact) mass is 282 g/mol. The van der Waals surface area contributed by atoms with Crippen molar-refractivity contribution in [1.29, 1.82) is 0 Å². The molecule has 0 aromatic heterocycles. The van der Waals surface area contributed by atoms with E-state index >= 15 is 0 Å². The van der Waals surface area contributed by atoms with Crippen molar-refractivity contribution in [3.05, 3.63) is 30.1 Å². The van der Waals surface area contributed by atoms with Gasteiger partial charge in [0.1, 0.15) is 36.9 Å². The van der Waals surface area contributed by atoms with Crippen LogP contribution in [0.1, 0.15) is 26.7 Å². The summed E-state index contributed by atoms with van der Waals surface area (Å²) in [6.45, 7) is 8.36. The molecule has 0 bridgehead atoms. The molecule has 2 atom stereocenters. The Morgan fingerprint density at radius 1 is 1.15 bits per heavy atom. The molecule has 0 spiro atoms. The maximum atomic E-state index is 12.7. The Kier molecular flexibility index (Phi) is 5.80. The lowest BCUT2D eigenvalue weighted by Gasteiger charge is -2.32. The fourth-order valence-electron chi connectivity index (χ4n) is 2.79. The molecule has 0 saturated carbocycles. The number of benzene rings is 1.